The first-order valence-electron chi connectivity index (χ1n) is 6.69. The van der Waals surface area contributed by atoms with E-state index in [0.717, 1.165) is 5.56 Å². The predicted octanol–water partition coefficient (Wildman–Crippen LogP) is 2.25. The van der Waals surface area contributed by atoms with Crippen LogP contribution in [-0.4, -0.2) is 33.5 Å². The van der Waals surface area contributed by atoms with Crippen LogP contribution in [0.1, 0.15) is 18.5 Å². The number of hydrogen-bond donors (Lipinski definition) is 1. The molecule has 0 fully saturated rings. The largest absolute Gasteiger partial charge is 0.452 e. The zero-order valence-electron chi connectivity index (χ0n) is 12.4. The molecule has 2 aromatic rings. The van der Waals surface area contributed by atoms with Crippen LogP contribution < -0.4 is 4.72 Å². The summed E-state index contributed by atoms with van der Waals surface area (Å²) in [5.74, 6) is 0. The molecule has 0 saturated carbocycles. The van der Waals surface area contributed by atoms with E-state index in [-0.39, 0.29) is 17.2 Å². The normalized spacial score (nSPS) is 15.0. The number of benzene rings is 1. The molecule has 0 saturated heterocycles. The van der Waals surface area contributed by atoms with Gasteiger partial charge >= 0.3 is 0 Å². The van der Waals surface area contributed by atoms with E-state index < -0.39 is 10.0 Å². The summed E-state index contributed by atoms with van der Waals surface area (Å²) < 4.78 is 32.1. The van der Waals surface area contributed by atoms with Crippen molar-refractivity contribution in [3.05, 3.63) is 54.3 Å². The molecule has 1 aromatic carbocycles. The molecule has 0 amide bonds. The molecule has 2 rings (SSSR count). The second-order valence-corrected chi connectivity index (χ2v) is 6.81. The number of rotatable bonds is 6. The third-order valence-electron chi connectivity index (χ3n) is 3.27. The Hall–Kier alpha value is -1.63. The van der Waals surface area contributed by atoms with Crippen LogP contribution >= 0.6 is 0 Å². The first kappa shape index (κ1) is 15.8. The summed E-state index contributed by atoms with van der Waals surface area (Å²) in [5.41, 5.74) is 1.05. The van der Waals surface area contributed by atoms with Crippen molar-refractivity contribution in [1.82, 2.24) is 9.62 Å². The van der Waals surface area contributed by atoms with E-state index in [1.165, 1.54) is 12.3 Å². The zero-order chi connectivity index (χ0) is 15.5. The van der Waals surface area contributed by atoms with E-state index in [2.05, 4.69) is 4.72 Å². The van der Waals surface area contributed by atoms with Gasteiger partial charge in [0.15, 0.2) is 0 Å². The molecule has 5 nitrogen and oxygen atoms in total. The van der Waals surface area contributed by atoms with Crippen LogP contribution in [0.4, 0.5) is 0 Å². The van der Waals surface area contributed by atoms with E-state index in [0.29, 0.717) is 0 Å². The second-order valence-electron chi connectivity index (χ2n) is 5.16. The van der Waals surface area contributed by atoms with E-state index in [9.17, 15) is 8.42 Å². The third-order valence-corrected chi connectivity index (χ3v) is 4.72. The minimum Gasteiger partial charge on any atom is -0.452 e. The molecule has 114 valence electrons. The quantitative estimate of drug-likeness (QED) is 0.889. The van der Waals surface area contributed by atoms with Crippen molar-refractivity contribution in [3.63, 3.8) is 0 Å². The molecule has 6 heteroatoms. The molecule has 0 radical (unpaired) electrons. The Labute approximate surface area is 125 Å². The van der Waals surface area contributed by atoms with E-state index in [4.69, 9.17) is 4.42 Å². The average Bonchev–Trinajstić information content (AvgIpc) is 2.93. The van der Waals surface area contributed by atoms with E-state index >= 15 is 0 Å². The fraction of sp³-hybridized carbons (Fsp3) is 0.333. The number of nitrogens with one attached hydrogen (secondary N) is 1. The summed E-state index contributed by atoms with van der Waals surface area (Å²) in [6, 6.07) is 12.4. The van der Waals surface area contributed by atoms with Gasteiger partial charge in [-0.25, -0.2) is 13.1 Å². The molecule has 1 aromatic heterocycles. The smallest absolute Gasteiger partial charge is 0.274 e. The molecule has 0 aliphatic rings. The number of likely N-dealkylation sites (N-methyl/N-ethyl adjacent to an activating group) is 1. The predicted molar refractivity (Wildman–Crippen MR) is 81.4 cm³/mol. The molecule has 0 aliphatic carbocycles. The average molecular weight is 308 g/mol. The fourth-order valence-corrected chi connectivity index (χ4v) is 3.64. The molecular formula is C15H20N2O3S. The first-order valence-corrected chi connectivity index (χ1v) is 8.17. The van der Waals surface area contributed by atoms with E-state index in [1.807, 2.05) is 56.3 Å². The third kappa shape index (κ3) is 3.72. The Balaban J connectivity index is 2.23. The maximum Gasteiger partial charge on any atom is 0.274 e. The molecule has 0 aliphatic heterocycles. The maximum absolute atomic E-state index is 12.2. The Bertz CT molecular complexity index is 651. The fourth-order valence-electron chi connectivity index (χ4n) is 2.47. The lowest BCUT2D eigenvalue weighted by Gasteiger charge is -2.30. The molecule has 2 unspecified atom stereocenters. The topological polar surface area (TPSA) is 62.6 Å². The van der Waals surface area contributed by atoms with E-state index in [1.54, 1.807) is 6.07 Å². The van der Waals surface area contributed by atoms with Gasteiger partial charge in [0.2, 0.25) is 5.09 Å². The highest BCUT2D eigenvalue weighted by Crippen LogP contribution is 2.23. The van der Waals surface area contributed by atoms with Crippen LogP contribution in [-0.2, 0) is 10.0 Å². The summed E-state index contributed by atoms with van der Waals surface area (Å²) in [6.07, 6.45) is 1.35. The monoisotopic (exact) mass is 308 g/mol. The van der Waals surface area contributed by atoms with Crippen molar-refractivity contribution >= 4 is 10.0 Å². The van der Waals surface area contributed by atoms with Gasteiger partial charge in [0.05, 0.1) is 12.3 Å². The molecule has 0 spiro atoms. The number of furan rings is 1. The van der Waals surface area contributed by atoms with Crippen molar-refractivity contribution in [1.29, 1.82) is 0 Å². The summed E-state index contributed by atoms with van der Waals surface area (Å²) in [7, 11) is 0.206. The molecule has 21 heavy (non-hydrogen) atoms. The standard InChI is InChI=1S/C15H20N2O3S/c1-12(16-21(18,19)14-10-7-11-20-14)15(17(2)3)13-8-5-4-6-9-13/h4-12,15-16H,1-3H3. The van der Waals surface area contributed by atoms with Gasteiger partial charge in [-0.15, -0.1) is 0 Å². The summed E-state index contributed by atoms with van der Waals surface area (Å²) in [5, 5.41) is -0.0695. The number of hydrogen-bond acceptors (Lipinski definition) is 4. The highest BCUT2D eigenvalue weighted by Gasteiger charge is 2.27. The van der Waals surface area contributed by atoms with Gasteiger partial charge in [-0.05, 0) is 38.7 Å². The number of sulfonamides is 1. The van der Waals surface area contributed by atoms with Gasteiger partial charge in [-0.3, -0.25) is 0 Å². The lowest BCUT2D eigenvalue weighted by molar-refractivity contribution is 0.255. The van der Waals surface area contributed by atoms with Crippen LogP contribution in [0.5, 0.6) is 0 Å². The van der Waals surface area contributed by atoms with Gasteiger partial charge < -0.3 is 9.32 Å². The SMILES string of the molecule is CC(NS(=O)(=O)c1ccco1)C(c1ccccc1)N(C)C. The van der Waals surface area contributed by atoms with Gasteiger partial charge in [0.25, 0.3) is 10.0 Å². The minimum atomic E-state index is -3.65. The van der Waals surface area contributed by atoms with Crippen molar-refractivity contribution in [2.45, 2.75) is 24.1 Å². The maximum atomic E-state index is 12.2. The molecule has 2 atom stereocenters. The lowest BCUT2D eigenvalue weighted by Crippen LogP contribution is -2.42. The highest BCUT2D eigenvalue weighted by molar-refractivity contribution is 7.89. The Morgan fingerprint density at radius 2 is 1.76 bits per heavy atom. The minimum absolute atomic E-state index is 0.0695. The summed E-state index contributed by atoms with van der Waals surface area (Å²) >= 11 is 0. The Kier molecular flexibility index (Phi) is 4.82. The van der Waals surface area contributed by atoms with Crippen LogP contribution in [0, 0.1) is 0 Å². The second kappa shape index (κ2) is 6.43. The van der Waals surface area contributed by atoms with Gasteiger partial charge in [0.1, 0.15) is 0 Å². The van der Waals surface area contributed by atoms with Crippen molar-refractivity contribution < 1.29 is 12.8 Å². The van der Waals surface area contributed by atoms with Crippen molar-refractivity contribution in [2.75, 3.05) is 14.1 Å². The molecule has 1 N–H and O–H groups in total. The van der Waals surface area contributed by atoms with Gasteiger partial charge in [-0.1, -0.05) is 30.3 Å². The van der Waals surface area contributed by atoms with Crippen molar-refractivity contribution in [2.24, 2.45) is 0 Å². The number of nitrogens with zero attached hydrogens (tertiary/aromatic N) is 1. The van der Waals surface area contributed by atoms with Crippen LogP contribution in [0.15, 0.2) is 58.2 Å². The van der Waals surface area contributed by atoms with Crippen LogP contribution in [0.2, 0.25) is 0 Å². The molecule has 1 heterocycles. The first-order chi connectivity index (χ1) is 9.92. The summed E-state index contributed by atoms with van der Waals surface area (Å²) in [6.45, 7) is 1.85. The summed E-state index contributed by atoms with van der Waals surface area (Å²) in [4.78, 5) is 1.99. The van der Waals surface area contributed by atoms with Crippen LogP contribution in [0.3, 0.4) is 0 Å². The van der Waals surface area contributed by atoms with Crippen molar-refractivity contribution in [3.8, 4) is 0 Å². The Morgan fingerprint density at radius 1 is 1.10 bits per heavy atom. The lowest BCUT2D eigenvalue weighted by atomic mass is 10.0. The van der Waals surface area contributed by atoms with Crippen LogP contribution in [0.25, 0.3) is 0 Å². The highest BCUT2D eigenvalue weighted by atomic mass is 32.2. The van der Waals surface area contributed by atoms with Gasteiger partial charge in [-0.2, -0.15) is 0 Å². The molecular weight excluding hydrogens is 288 g/mol. The Morgan fingerprint density at radius 3 is 2.29 bits per heavy atom. The van der Waals surface area contributed by atoms with Gasteiger partial charge in [0, 0.05) is 6.04 Å². The zero-order valence-corrected chi connectivity index (χ0v) is 13.2. The molecule has 0 bridgehead atoms.